The van der Waals surface area contributed by atoms with Crippen LogP contribution in [0.3, 0.4) is 0 Å². The Hall–Kier alpha value is -1.29. The first kappa shape index (κ1) is 17.5. The smallest absolute Gasteiger partial charge is 0.281 e. The van der Waals surface area contributed by atoms with Gasteiger partial charge in [0.15, 0.2) is 0 Å². The number of aryl methyl sites for hydroxylation is 1. The molecule has 2 aliphatic rings. The van der Waals surface area contributed by atoms with Crippen LogP contribution in [0, 0.1) is 6.92 Å². The summed E-state index contributed by atoms with van der Waals surface area (Å²) in [5.41, 5.74) is 2.45. The van der Waals surface area contributed by atoms with Crippen molar-refractivity contribution in [3.05, 3.63) is 17.0 Å². The van der Waals surface area contributed by atoms with Crippen molar-refractivity contribution in [1.82, 2.24) is 18.6 Å². The molecular formula is C15H25N5O3S. The molecule has 3 heterocycles. The molecule has 1 fully saturated rings. The lowest BCUT2D eigenvalue weighted by atomic mass is 9.80. The lowest BCUT2D eigenvalue weighted by Crippen LogP contribution is -2.44. The zero-order valence-corrected chi connectivity index (χ0v) is 15.7. The molecule has 9 heteroatoms. The molecule has 0 bridgehead atoms. The molecule has 2 aliphatic heterocycles. The van der Waals surface area contributed by atoms with Gasteiger partial charge in [-0.05, 0) is 13.3 Å². The molecule has 3 rings (SSSR count). The largest absolute Gasteiger partial charge is 0.376 e. The Morgan fingerprint density at radius 3 is 2.54 bits per heavy atom. The van der Waals surface area contributed by atoms with Gasteiger partial charge in [-0.2, -0.15) is 17.0 Å². The predicted octanol–water partition coefficient (Wildman–Crippen LogP) is 0.131. The molecule has 0 radical (unpaired) electrons. The summed E-state index contributed by atoms with van der Waals surface area (Å²) in [5, 5.41) is 0. The molecule has 0 amide bonds. The van der Waals surface area contributed by atoms with Crippen molar-refractivity contribution in [3.63, 3.8) is 0 Å². The van der Waals surface area contributed by atoms with Crippen LogP contribution in [-0.2, 0) is 27.0 Å². The molecule has 0 N–H and O–H groups in total. The van der Waals surface area contributed by atoms with Gasteiger partial charge in [-0.25, -0.2) is 9.97 Å². The number of rotatable bonds is 3. The van der Waals surface area contributed by atoms with Gasteiger partial charge in [0.2, 0.25) is 5.95 Å². The molecule has 0 aromatic carbocycles. The predicted molar refractivity (Wildman–Crippen MR) is 91.2 cm³/mol. The number of nitrogens with zero attached hydrogens (tertiary/aromatic N) is 5. The lowest BCUT2D eigenvalue weighted by molar-refractivity contribution is 0.0525. The van der Waals surface area contributed by atoms with Crippen molar-refractivity contribution in [2.45, 2.75) is 25.4 Å². The summed E-state index contributed by atoms with van der Waals surface area (Å²) >= 11 is 0. The minimum Gasteiger partial charge on any atom is -0.376 e. The Kier molecular flexibility index (Phi) is 4.31. The molecule has 1 aromatic rings. The van der Waals surface area contributed by atoms with E-state index in [0.29, 0.717) is 38.7 Å². The maximum absolute atomic E-state index is 12.5. The summed E-state index contributed by atoms with van der Waals surface area (Å²) in [4.78, 5) is 11.2. The fraction of sp³-hybridized carbons (Fsp3) is 0.733. The average Bonchev–Trinajstić information content (AvgIpc) is 2.93. The second-order valence-electron chi connectivity index (χ2n) is 6.98. The van der Waals surface area contributed by atoms with Crippen molar-refractivity contribution in [3.8, 4) is 0 Å². The number of hydrogen-bond donors (Lipinski definition) is 0. The quantitative estimate of drug-likeness (QED) is 0.767. The van der Waals surface area contributed by atoms with E-state index in [4.69, 9.17) is 9.72 Å². The average molecular weight is 355 g/mol. The standard InChI is InChI=1S/C15H25N5O3S/c1-11-12-8-23-10-15(13(12)17-14(16-11)18(2)3)6-7-20(9-15)24(21,22)19(4)5/h6-10H2,1-5H3/t15-/m1/s1. The monoisotopic (exact) mass is 355 g/mol. The molecule has 0 unspecified atom stereocenters. The minimum atomic E-state index is -3.43. The van der Waals surface area contributed by atoms with Crippen LogP contribution in [0.4, 0.5) is 5.95 Å². The Morgan fingerprint density at radius 1 is 1.21 bits per heavy atom. The van der Waals surface area contributed by atoms with Gasteiger partial charge in [-0.1, -0.05) is 0 Å². The van der Waals surface area contributed by atoms with Gasteiger partial charge in [0.1, 0.15) is 0 Å². The maximum atomic E-state index is 12.5. The van der Waals surface area contributed by atoms with E-state index in [1.165, 1.54) is 8.61 Å². The maximum Gasteiger partial charge on any atom is 0.281 e. The second-order valence-corrected chi connectivity index (χ2v) is 9.12. The van der Waals surface area contributed by atoms with Crippen LogP contribution in [0.2, 0.25) is 0 Å². The number of hydrogen-bond acceptors (Lipinski definition) is 6. The van der Waals surface area contributed by atoms with Gasteiger partial charge in [-0.3, -0.25) is 0 Å². The number of ether oxygens (including phenoxy) is 1. The second kappa shape index (κ2) is 5.91. The summed E-state index contributed by atoms with van der Waals surface area (Å²) in [7, 11) is 3.50. The van der Waals surface area contributed by atoms with Crippen LogP contribution in [-0.4, -0.2) is 74.9 Å². The van der Waals surface area contributed by atoms with Gasteiger partial charge in [0, 0.05) is 52.5 Å². The molecular weight excluding hydrogens is 330 g/mol. The van der Waals surface area contributed by atoms with E-state index in [-0.39, 0.29) is 0 Å². The third kappa shape index (κ3) is 2.69. The van der Waals surface area contributed by atoms with Crippen molar-refractivity contribution in [2.24, 2.45) is 0 Å². The Labute approximate surface area is 143 Å². The van der Waals surface area contributed by atoms with E-state index in [0.717, 1.165) is 17.0 Å². The molecule has 1 spiro atoms. The van der Waals surface area contributed by atoms with Crippen molar-refractivity contribution >= 4 is 16.2 Å². The molecule has 0 saturated carbocycles. The van der Waals surface area contributed by atoms with Gasteiger partial charge >= 0.3 is 0 Å². The van der Waals surface area contributed by atoms with Crippen LogP contribution in [0.25, 0.3) is 0 Å². The fourth-order valence-electron chi connectivity index (χ4n) is 3.38. The van der Waals surface area contributed by atoms with Crippen molar-refractivity contribution in [1.29, 1.82) is 0 Å². The highest BCUT2D eigenvalue weighted by atomic mass is 32.2. The zero-order chi connectivity index (χ0) is 17.7. The molecule has 0 aliphatic carbocycles. The van der Waals surface area contributed by atoms with E-state index in [1.807, 2.05) is 25.9 Å². The normalized spacial score (nSPS) is 24.6. The lowest BCUT2D eigenvalue weighted by Gasteiger charge is -2.35. The van der Waals surface area contributed by atoms with E-state index in [2.05, 4.69) is 4.98 Å². The summed E-state index contributed by atoms with van der Waals surface area (Å²) in [6.07, 6.45) is 0.705. The first-order valence-electron chi connectivity index (χ1n) is 7.98. The summed E-state index contributed by atoms with van der Waals surface area (Å²) in [6, 6.07) is 0. The number of aromatic nitrogens is 2. The van der Waals surface area contributed by atoms with E-state index >= 15 is 0 Å². The Morgan fingerprint density at radius 2 is 1.92 bits per heavy atom. The first-order valence-corrected chi connectivity index (χ1v) is 9.38. The Bertz CT molecular complexity index is 750. The van der Waals surface area contributed by atoms with Crippen LogP contribution >= 0.6 is 0 Å². The SMILES string of the molecule is Cc1nc(N(C)C)nc2c1COC[C@]21CCN(S(=O)(=O)N(C)C)C1. The van der Waals surface area contributed by atoms with Crippen molar-refractivity contribution < 1.29 is 13.2 Å². The van der Waals surface area contributed by atoms with E-state index in [9.17, 15) is 8.42 Å². The highest BCUT2D eigenvalue weighted by molar-refractivity contribution is 7.86. The molecule has 1 aromatic heterocycles. The molecule has 134 valence electrons. The van der Waals surface area contributed by atoms with Gasteiger partial charge in [0.05, 0.1) is 24.3 Å². The van der Waals surface area contributed by atoms with Gasteiger partial charge in [0.25, 0.3) is 10.2 Å². The first-order chi connectivity index (χ1) is 11.2. The van der Waals surface area contributed by atoms with E-state index < -0.39 is 15.6 Å². The summed E-state index contributed by atoms with van der Waals surface area (Å²) < 4.78 is 33.6. The topological polar surface area (TPSA) is 78.9 Å². The summed E-state index contributed by atoms with van der Waals surface area (Å²) in [5.74, 6) is 0.654. The third-order valence-electron chi connectivity index (χ3n) is 4.84. The zero-order valence-electron chi connectivity index (χ0n) is 14.9. The number of fused-ring (bicyclic) bond motifs is 2. The molecule has 8 nitrogen and oxygen atoms in total. The van der Waals surface area contributed by atoms with Crippen LogP contribution in [0.15, 0.2) is 0 Å². The van der Waals surface area contributed by atoms with Gasteiger partial charge in [-0.15, -0.1) is 0 Å². The summed E-state index contributed by atoms with van der Waals surface area (Å²) in [6.45, 7) is 3.80. The number of anilines is 1. The third-order valence-corrected chi connectivity index (χ3v) is 6.72. The highest BCUT2D eigenvalue weighted by Crippen LogP contribution is 2.41. The molecule has 1 atom stereocenters. The van der Waals surface area contributed by atoms with Crippen LogP contribution < -0.4 is 4.90 Å². The molecule has 24 heavy (non-hydrogen) atoms. The van der Waals surface area contributed by atoms with Crippen molar-refractivity contribution in [2.75, 3.05) is 52.8 Å². The minimum absolute atomic E-state index is 0.393. The fourth-order valence-corrected chi connectivity index (χ4v) is 4.58. The molecule has 1 saturated heterocycles. The van der Waals surface area contributed by atoms with Crippen LogP contribution in [0.1, 0.15) is 23.4 Å². The van der Waals surface area contributed by atoms with Crippen LogP contribution in [0.5, 0.6) is 0 Å². The van der Waals surface area contributed by atoms with E-state index in [1.54, 1.807) is 14.1 Å². The highest BCUT2D eigenvalue weighted by Gasteiger charge is 2.48. The van der Waals surface area contributed by atoms with Gasteiger partial charge < -0.3 is 9.64 Å². The Balaban J connectivity index is 2.04.